The third kappa shape index (κ3) is 13.6. The van der Waals surface area contributed by atoms with Crippen molar-refractivity contribution in [1.29, 1.82) is 0 Å². The number of carbonyl (C=O) groups is 4. The number of ether oxygens (including phenoxy) is 4. The van der Waals surface area contributed by atoms with Gasteiger partial charge in [0.1, 0.15) is 12.1 Å². The summed E-state index contributed by atoms with van der Waals surface area (Å²) in [4.78, 5) is 70.3. The van der Waals surface area contributed by atoms with Gasteiger partial charge in [0.2, 0.25) is 23.6 Å². The lowest BCUT2D eigenvalue weighted by Crippen LogP contribution is -2.63. The Balaban J connectivity index is 0.829. The van der Waals surface area contributed by atoms with Gasteiger partial charge in [0.25, 0.3) is 0 Å². The Morgan fingerprint density at radius 3 is 1.38 bits per heavy atom. The molecule has 0 bridgehead atoms. The zero-order chi connectivity index (χ0) is 48.7. The van der Waals surface area contributed by atoms with Crippen LogP contribution >= 0.6 is 0 Å². The number of rotatable bonds is 19. The van der Waals surface area contributed by atoms with E-state index in [4.69, 9.17) is 18.9 Å². The molecule has 8 saturated heterocycles. The highest BCUT2D eigenvalue weighted by molar-refractivity contribution is 5.91. The lowest BCUT2D eigenvalue weighted by Gasteiger charge is -2.47. The van der Waals surface area contributed by atoms with Gasteiger partial charge in [-0.1, -0.05) is 54.4 Å². The topological polar surface area (TPSA) is 149 Å². The van der Waals surface area contributed by atoms with Gasteiger partial charge in [0.15, 0.2) is 11.6 Å². The summed E-state index contributed by atoms with van der Waals surface area (Å²) in [5.74, 6) is 0.710. The van der Waals surface area contributed by atoms with Crippen LogP contribution in [-0.4, -0.2) is 207 Å². The molecule has 8 fully saturated rings. The molecule has 2 spiro atoms. The molecular formula is C53H92N8O8. The van der Waals surface area contributed by atoms with E-state index in [0.717, 1.165) is 32.4 Å². The van der Waals surface area contributed by atoms with Gasteiger partial charge < -0.3 is 59.0 Å². The van der Waals surface area contributed by atoms with Crippen LogP contribution in [0.5, 0.6) is 0 Å². The second-order valence-corrected chi connectivity index (χ2v) is 23.7. The van der Waals surface area contributed by atoms with E-state index in [1.807, 2.05) is 19.6 Å². The highest BCUT2D eigenvalue weighted by Gasteiger charge is 2.47. The van der Waals surface area contributed by atoms with Crippen molar-refractivity contribution in [1.82, 2.24) is 40.0 Å². The number of carbonyl (C=O) groups excluding carboxylic acids is 4. The lowest BCUT2D eigenvalue weighted by atomic mass is 9.88. The van der Waals surface area contributed by atoms with Crippen molar-refractivity contribution in [3.05, 3.63) is 0 Å². The summed E-state index contributed by atoms with van der Waals surface area (Å²) in [7, 11) is 0. The van der Waals surface area contributed by atoms with E-state index in [2.05, 4.69) is 62.0 Å². The average molecular weight is 969 g/mol. The first-order valence-electron chi connectivity index (χ1n) is 27.8. The van der Waals surface area contributed by atoms with Crippen LogP contribution in [0.15, 0.2) is 0 Å². The minimum absolute atomic E-state index is 0.0221. The molecule has 0 aliphatic carbocycles. The maximum atomic E-state index is 14.7. The molecule has 69 heavy (non-hydrogen) atoms. The molecule has 8 heterocycles. The predicted octanol–water partition coefficient (Wildman–Crippen LogP) is 4.01. The summed E-state index contributed by atoms with van der Waals surface area (Å²) >= 11 is 0. The van der Waals surface area contributed by atoms with Crippen LogP contribution < -0.4 is 10.6 Å². The second kappa shape index (κ2) is 24.1. The molecule has 8 aliphatic rings. The van der Waals surface area contributed by atoms with Crippen LogP contribution in [0.1, 0.15) is 125 Å². The van der Waals surface area contributed by atoms with Crippen LogP contribution in [0, 0.1) is 35.5 Å². The number of piperazine rings is 2. The van der Waals surface area contributed by atoms with Crippen molar-refractivity contribution in [2.45, 2.75) is 161 Å². The molecule has 0 aromatic heterocycles. The molecule has 2 unspecified atom stereocenters. The fourth-order valence-corrected chi connectivity index (χ4v) is 12.6. The molecule has 0 saturated carbocycles. The zero-order valence-corrected chi connectivity index (χ0v) is 43.6. The number of nitrogens with one attached hydrogen (secondary N) is 2. The van der Waals surface area contributed by atoms with Gasteiger partial charge in [-0.3, -0.25) is 19.2 Å². The van der Waals surface area contributed by atoms with E-state index in [9.17, 15) is 19.2 Å². The SMILES string of the molecule is CC(C)C[C@@H]1NCCN([C@@H](CC(C)CCC(C)C[C@@H]2NCCN([C@@H](CC(C)C)C(=O)N3CCC4(CC3)OCC(CN3CCC3)CO4)C2=O)C(=O)N2CCC3(CC2)OCC(CN2CCCC2)CO3)C1=O. The Bertz CT molecular complexity index is 1670. The third-order valence-electron chi connectivity index (χ3n) is 17.0. The van der Waals surface area contributed by atoms with E-state index < -0.39 is 23.7 Å². The van der Waals surface area contributed by atoms with Crippen LogP contribution in [0.2, 0.25) is 0 Å². The zero-order valence-electron chi connectivity index (χ0n) is 43.6. The van der Waals surface area contributed by atoms with Gasteiger partial charge in [0.05, 0.1) is 38.5 Å². The van der Waals surface area contributed by atoms with Crippen molar-refractivity contribution >= 4 is 23.6 Å². The van der Waals surface area contributed by atoms with Gasteiger partial charge >= 0.3 is 0 Å². The Morgan fingerprint density at radius 2 is 0.957 bits per heavy atom. The van der Waals surface area contributed by atoms with Gasteiger partial charge in [-0.15, -0.1) is 0 Å². The lowest BCUT2D eigenvalue weighted by molar-refractivity contribution is -0.299. The molecular weight excluding hydrogens is 877 g/mol. The van der Waals surface area contributed by atoms with Crippen molar-refractivity contribution in [2.24, 2.45) is 35.5 Å². The van der Waals surface area contributed by atoms with Crippen LogP contribution in [0.4, 0.5) is 0 Å². The smallest absolute Gasteiger partial charge is 0.245 e. The van der Waals surface area contributed by atoms with E-state index in [-0.39, 0.29) is 53.5 Å². The Morgan fingerprint density at radius 1 is 0.536 bits per heavy atom. The summed E-state index contributed by atoms with van der Waals surface area (Å²) in [6.07, 6.45) is 10.8. The Hall–Kier alpha value is -2.44. The van der Waals surface area contributed by atoms with Crippen molar-refractivity contribution in [2.75, 3.05) is 118 Å². The summed E-state index contributed by atoms with van der Waals surface area (Å²) in [6.45, 7) is 27.1. The normalized spacial score (nSPS) is 28.5. The molecule has 392 valence electrons. The Kier molecular flexibility index (Phi) is 18.4. The monoisotopic (exact) mass is 969 g/mol. The highest BCUT2D eigenvalue weighted by Crippen LogP contribution is 2.36. The molecule has 8 rings (SSSR count). The van der Waals surface area contributed by atoms with E-state index in [0.29, 0.717) is 141 Å². The molecule has 6 atom stereocenters. The van der Waals surface area contributed by atoms with Crippen molar-refractivity contribution < 1.29 is 38.1 Å². The predicted molar refractivity (Wildman–Crippen MR) is 265 cm³/mol. The number of nitrogens with zero attached hydrogens (tertiary/aromatic N) is 6. The number of amides is 4. The molecule has 0 aromatic rings. The van der Waals surface area contributed by atoms with E-state index >= 15 is 0 Å². The first-order chi connectivity index (χ1) is 33.2. The first-order valence-corrected chi connectivity index (χ1v) is 27.8. The van der Waals surface area contributed by atoms with Crippen LogP contribution in [-0.2, 0) is 38.1 Å². The van der Waals surface area contributed by atoms with E-state index in [1.54, 1.807) is 0 Å². The molecule has 16 nitrogen and oxygen atoms in total. The fraction of sp³-hybridized carbons (Fsp3) is 0.925. The molecule has 16 heteroatoms. The third-order valence-corrected chi connectivity index (χ3v) is 17.0. The number of hydrogen-bond donors (Lipinski definition) is 2. The molecule has 4 amide bonds. The van der Waals surface area contributed by atoms with Gasteiger partial charge in [0, 0.05) is 103 Å². The highest BCUT2D eigenvalue weighted by atomic mass is 16.7. The summed E-state index contributed by atoms with van der Waals surface area (Å²) in [6, 6.07) is -1.66. The fourth-order valence-electron chi connectivity index (χ4n) is 12.6. The maximum Gasteiger partial charge on any atom is 0.245 e. The summed E-state index contributed by atoms with van der Waals surface area (Å²) in [5, 5.41) is 6.97. The quantitative estimate of drug-likeness (QED) is 0.193. The van der Waals surface area contributed by atoms with E-state index in [1.165, 1.54) is 45.4 Å². The standard InChI is InChI=1S/C53H92N8O8/c1-38(2)28-44-48(62)61(27-16-54-44)47(51(65)59-24-14-53(15-25-59)66-34-42(35-67-53)32-56-18-7-8-19-56)31-41(6)11-10-40(5)30-45-49(63)60(26-17-55-45)46(29-39(3)4)50(64)58-22-12-52(13-23-58)68-36-43(37-69-52)33-57-20-9-21-57/h38-47,54-55H,7-37H2,1-6H3/t40?,41?,44-,45-,46-,47-/m0/s1. The molecule has 0 aromatic carbocycles. The largest absolute Gasteiger partial charge is 0.349 e. The number of likely N-dealkylation sites (tertiary alicyclic amines) is 4. The van der Waals surface area contributed by atoms with Gasteiger partial charge in [-0.25, -0.2) is 0 Å². The second-order valence-electron chi connectivity index (χ2n) is 23.7. The van der Waals surface area contributed by atoms with Crippen LogP contribution in [0.3, 0.4) is 0 Å². The summed E-state index contributed by atoms with van der Waals surface area (Å²) < 4.78 is 25.7. The number of hydrogen-bond acceptors (Lipinski definition) is 12. The molecule has 2 N–H and O–H groups in total. The molecule has 8 aliphatic heterocycles. The summed E-state index contributed by atoms with van der Waals surface area (Å²) in [5.41, 5.74) is 0. The maximum absolute atomic E-state index is 14.7. The van der Waals surface area contributed by atoms with Crippen molar-refractivity contribution in [3.8, 4) is 0 Å². The minimum atomic E-state index is -0.629. The van der Waals surface area contributed by atoms with Gasteiger partial charge in [-0.05, 0) is 94.8 Å². The molecule has 0 radical (unpaired) electrons. The number of piperidine rings is 2. The average Bonchev–Trinajstić information content (AvgIpc) is 3.84. The Labute approximate surface area is 414 Å². The minimum Gasteiger partial charge on any atom is -0.349 e. The van der Waals surface area contributed by atoms with Crippen molar-refractivity contribution in [3.63, 3.8) is 0 Å². The van der Waals surface area contributed by atoms with Gasteiger partial charge in [-0.2, -0.15) is 0 Å². The van der Waals surface area contributed by atoms with Crippen LogP contribution in [0.25, 0.3) is 0 Å². The first kappa shape index (κ1) is 52.9.